The Balaban J connectivity index is 1.83. The average molecular weight is 291 g/mol. The van der Waals surface area contributed by atoms with E-state index in [0.717, 1.165) is 25.9 Å². The van der Waals surface area contributed by atoms with Crippen LogP contribution in [0, 0.1) is 16.0 Å². The van der Waals surface area contributed by atoms with Crippen LogP contribution in [-0.2, 0) is 11.3 Å². The highest BCUT2D eigenvalue weighted by molar-refractivity contribution is 5.76. The summed E-state index contributed by atoms with van der Waals surface area (Å²) < 4.78 is 0. The zero-order chi connectivity index (χ0) is 15.2. The van der Waals surface area contributed by atoms with Crippen molar-refractivity contribution in [2.75, 3.05) is 20.1 Å². The van der Waals surface area contributed by atoms with Crippen molar-refractivity contribution >= 4 is 11.6 Å². The first-order valence-electron chi connectivity index (χ1n) is 7.24. The summed E-state index contributed by atoms with van der Waals surface area (Å²) >= 11 is 0. The zero-order valence-corrected chi connectivity index (χ0v) is 12.2. The minimum atomic E-state index is -0.418. The van der Waals surface area contributed by atoms with Crippen LogP contribution < -0.4 is 5.32 Å². The van der Waals surface area contributed by atoms with Gasteiger partial charge in [-0.05, 0) is 38.9 Å². The molecular formula is C15H21N3O3. The number of likely N-dealkylation sites (tertiary alicyclic amines) is 1. The number of nitrogens with zero attached hydrogens (tertiary/aromatic N) is 2. The number of carbonyl (C=O) groups excluding carboxylic acids is 1. The van der Waals surface area contributed by atoms with E-state index in [1.807, 2.05) is 0 Å². The van der Waals surface area contributed by atoms with Crippen molar-refractivity contribution in [3.63, 3.8) is 0 Å². The fourth-order valence-corrected chi connectivity index (χ4v) is 2.63. The van der Waals surface area contributed by atoms with E-state index in [1.165, 1.54) is 6.07 Å². The molecule has 1 saturated heterocycles. The van der Waals surface area contributed by atoms with E-state index >= 15 is 0 Å². The molecule has 0 aliphatic carbocycles. The van der Waals surface area contributed by atoms with Crippen LogP contribution >= 0.6 is 0 Å². The third-order valence-electron chi connectivity index (χ3n) is 3.98. The second kappa shape index (κ2) is 7.17. The molecule has 114 valence electrons. The Morgan fingerprint density at radius 1 is 1.38 bits per heavy atom. The number of hydrogen-bond donors (Lipinski definition) is 1. The van der Waals surface area contributed by atoms with Gasteiger partial charge in [-0.1, -0.05) is 18.2 Å². The van der Waals surface area contributed by atoms with Crippen LogP contribution in [0.2, 0.25) is 0 Å². The second-order valence-corrected chi connectivity index (χ2v) is 5.61. The summed E-state index contributed by atoms with van der Waals surface area (Å²) in [5, 5.41) is 13.7. The van der Waals surface area contributed by atoms with Gasteiger partial charge in [0.1, 0.15) is 0 Å². The lowest BCUT2D eigenvalue weighted by Crippen LogP contribution is -2.33. The molecule has 1 fully saturated rings. The molecule has 0 radical (unpaired) electrons. The standard InChI is InChI=1S/C15H21N3O3/c1-17-8-6-12(7-9-17)10-15(19)16-11-13-4-2-3-5-14(13)18(20)21/h2-5,12H,6-11H2,1H3,(H,16,19). The number of nitrogens with one attached hydrogen (secondary N) is 1. The molecule has 6 nitrogen and oxygen atoms in total. The lowest BCUT2D eigenvalue weighted by Gasteiger charge is -2.28. The van der Waals surface area contributed by atoms with Crippen molar-refractivity contribution in [1.29, 1.82) is 0 Å². The summed E-state index contributed by atoms with van der Waals surface area (Å²) in [6, 6.07) is 6.50. The molecule has 2 rings (SSSR count). The Morgan fingerprint density at radius 2 is 2.05 bits per heavy atom. The fourth-order valence-electron chi connectivity index (χ4n) is 2.63. The van der Waals surface area contributed by atoms with Gasteiger partial charge in [0.25, 0.3) is 5.69 Å². The SMILES string of the molecule is CN1CCC(CC(=O)NCc2ccccc2[N+](=O)[O-])CC1. The summed E-state index contributed by atoms with van der Waals surface area (Å²) in [6.07, 6.45) is 2.58. The van der Waals surface area contributed by atoms with Crippen LogP contribution in [0.4, 0.5) is 5.69 Å². The molecule has 1 aliphatic heterocycles. The molecule has 6 heteroatoms. The molecule has 1 heterocycles. The number of rotatable bonds is 5. The third-order valence-corrected chi connectivity index (χ3v) is 3.98. The molecule has 1 aromatic carbocycles. The number of benzene rings is 1. The van der Waals surface area contributed by atoms with Gasteiger partial charge in [0, 0.05) is 24.6 Å². The van der Waals surface area contributed by atoms with Crippen molar-refractivity contribution in [2.24, 2.45) is 5.92 Å². The minimum Gasteiger partial charge on any atom is -0.352 e. The Hall–Kier alpha value is -1.95. The molecular weight excluding hydrogens is 270 g/mol. The Morgan fingerprint density at radius 3 is 2.71 bits per heavy atom. The number of piperidine rings is 1. The van der Waals surface area contributed by atoms with Gasteiger partial charge < -0.3 is 10.2 Å². The Kier molecular flexibility index (Phi) is 5.27. The maximum Gasteiger partial charge on any atom is 0.274 e. The monoisotopic (exact) mass is 291 g/mol. The van der Waals surface area contributed by atoms with Crippen molar-refractivity contribution in [2.45, 2.75) is 25.8 Å². The first-order chi connectivity index (χ1) is 10.1. The highest BCUT2D eigenvalue weighted by Gasteiger charge is 2.20. The summed E-state index contributed by atoms with van der Waals surface area (Å²) in [5.41, 5.74) is 0.594. The van der Waals surface area contributed by atoms with Crippen LogP contribution in [0.3, 0.4) is 0 Å². The van der Waals surface area contributed by atoms with E-state index in [4.69, 9.17) is 0 Å². The zero-order valence-electron chi connectivity index (χ0n) is 12.2. The predicted octanol–water partition coefficient (Wildman–Crippen LogP) is 1.94. The summed E-state index contributed by atoms with van der Waals surface area (Å²) in [5.74, 6) is 0.398. The topological polar surface area (TPSA) is 75.5 Å². The van der Waals surface area contributed by atoms with E-state index in [1.54, 1.807) is 18.2 Å². The third kappa shape index (κ3) is 4.53. The largest absolute Gasteiger partial charge is 0.352 e. The van der Waals surface area contributed by atoms with Crippen LogP contribution in [0.5, 0.6) is 0 Å². The van der Waals surface area contributed by atoms with Crippen molar-refractivity contribution < 1.29 is 9.72 Å². The van der Waals surface area contributed by atoms with Crippen molar-refractivity contribution in [1.82, 2.24) is 10.2 Å². The molecule has 1 N–H and O–H groups in total. The van der Waals surface area contributed by atoms with Gasteiger partial charge in [0.15, 0.2) is 0 Å². The predicted molar refractivity (Wildman–Crippen MR) is 79.8 cm³/mol. The lowest BCUT2D eigenvalue weighted by molar-refractivity contribution is -0.385. The highest BCUT2D eigenvalue weighted by Crippen LogP contribution is 2.20. The molecule has 0 spiro atoms. The molecule has 1 aliphatic rings. The maximum absolute atomic E-state index is 12.0. The van der Waals surface area contributed by atoms with Gasteiger partial charge in [-0.2, -0.15) is 0 Å². The molecule has 21 heavy (non-hydrogen) atoms. The quantitative estimate of drug-likeness (QED) is 0.664. The molecule has 1 aromatic rings. The van der Waals surface area contributed by atoms with Gasteiger partial charge >= 0.3 is 0 Å². The molecule has 0 bridgehead atoms. The summed E-state index contributed by atoms with van der Waals surface area (Å²) in [6.45, 7) is 2.27. The van der Waals surface area contributed by atoms with E-state index in [0.29, 0.717) is 17.9 Å². The van der Waals surface area contributed by atoms with Gasteiger partial charge in [-0.3, -0.25) is 14.9 Å². The molecule has 0 saturated carbocycles. The minimum absolute atomic E-state index is 0.0253. The Bertz CT molecular complexity index is 511. The number of amides is 1. The first-order valence-corrected chi connectivity index (χ1v) is 7.24. The van der Waals surface area contributed by atoms with Crippen LogP contribution in [0.15, 0.2) is 24.3 Å². The van der Waals surface area contributed by atoms with Gasteiger partial charge in [0.05, 0.1) is 4.92 Å². The number of hydrogen-bond acceptors (Lipinski definition) is 4. The van der Waals surface area contributed by atoms with Crippen LogP contribution in [0.25, 0.3) is 0 Å². The van der Waals surface area contributed by atoms with Gasteiger partial charge in [-0.25, -0.2) is 0 Å². The summed E-state index contributed by atoms with van der Waals surface area (Å²) in [7, 11) is 2.09. The number of para-hydroxylation sites is 1. The van der Waals surface area contributed by atoms with Gasteiger partial charge in [-0.15, -0.1) is 0 Å². The molecule has 0 atom stereocenters. The first kappa shape index (κ1) is 15.4. The lowest BCUT2D eigenvalue weighted by atomic mass is 9.93. The van der Waals surface area contributed by atoms with Crippen molar-refractivity contribution in [3.05, 3.63) is 39.9 Å². The average Bonchev–Trinajstić information content (AvgIpc) is 2.48. The van der Waals surface area contributed by atoms with E-state index in [9.17, 15) is 14.9 Å². The van der Waals surface area contributed by atoms with Crippen LogP contribution in [-0.4, -0.2) is 35.9 Å². The smallest absolute Gasteiger partial charge is 0.274 e. The normalized spacial score (nSPS) is 16.6. The van der Waals surface area contributed by atoms with Gasteiger partial charge in [0.2, 0.25) is 5.91 Å². The Labute approximate surface area is 124 Å². The van der Waals surface area contributed by atoms with E-state index in [-0.39, 0.29) is 18.1 Å². The molecule has 0 unspecified atom stereocenters. The molecule has 1 amide bonds. The molecule has 0 aromatic heterocycles. The van der Waals surface area contributed by atoms with E-state index in [2.05, 4.69) is 17.3 Å². The maximum atomic E-state index is 12.0. The number of nitro benzene ring substituents is 1. The summed E-state index contributed by atoms with van der Waals surface area (Å²) in [4.78, 5) is 24.7. The van der Waals surface area contributed by atoms with E-state index < -0.39 is 4.92 Å². The van der Waals surface area contributed by atoms with Crippen LogP contribution in [0.1, 0.15) is 24.8 Å². The highest BCUT2D eigenvalue weighted by atomic mass is 16.6. The second-order valence-electron chi connectivity index (χ2n) is 5.61. The fraction of sp³-hybridized carbons (Fsp3) is 0.533. The number of nitro groups is 1. The van der Waals surface area contributed by atoms with Crippen molar-refractivity contribution in [3.8, 4) is 0 Å². The number of carbonyl (C=O) groups is 1.